The van der Waals surface area contributed by atoms with Gasteiger partial charge in [-0.3, -0.25) is 9.59 Å². The number of carbonyl (C=O) groups is 2. The molecule has 0 spiro atoms. The van der Waals surface area contributed by atoms with Gasteiger partial charge in [-0.1, -0.05) is 30.3 Å². The molecule has 8 nitrogen and oxygen atoms in total. The maximum absolute atomic E-state index is 12.8. The summed E-state index contributed by atoms with van der Waals surface area (Å²) >= 11 is 0. The Kier molecular flexibility index (Phi) is 5.01. The molecule has 0 radical (unpaired) electrons. The van der Waals surface area contributed by atoms with Crippen LogP contribution in [0.3, 0.4) is 0 Å². The smallest absolute Gasteiger partial charge is 0.254 e. The maximum atomic E-state index is 12.8. The van der Waals surface area contributed by atoms with Crippen LogP contribution >= 0.6 is 0 Å². The number of piperidine rings is 1. The van der Waals surface area contributed by atoms with Crippen LogP contribution in [0.5, 0.6) is 0 Å². The molecule has 8 heteroatoms. The number of benzene rings is 1. The highest BCUT2D eigenvalue weighted by Gasteiger charge is 2.29. The van der Waals surface area contributed by atoms with E-state index < -0.39 is 0 Å². The third kappa shape index (κ3) is 3.71. The highest BCUT2D eigenvalue weighted by molar-refractivity contribution is 5.95. The Bertz CT molecular complexity index is 979. The summed E-state index contributed by atoms with van der Waals surface area (Å²) in [4.78, 5) is 29.1. The minimum atomic E-state index is -0.0472. The van der Waals surface area contributed by atoms with Crippen molar-refractivity contribution in [2.45, 2.75) is 19.4 Å². The number of tetrazole rings is 1. The van der Waals surface area contributed by atoms with Crippen LogP contribution in [0.1, 0.15) is 28.8 Å². The van der Waals surface area contributed by atoms with Crippen molar-refractivity contribution in [3.8, 4) is 0 Å². The molecule has 0 saturated carbocycles. The topological polar surface area (TPSA) is 83.7 Å². The van der Waals surface area contributed by atoms with Crippen LogP contribution in [0.2, 0.25) is 0 Å². The summed E-state index contributed by atoms with van der Waals surface area (Å²) < 4.78 is 1.52. The van der Waals surface area contributed by atoms with E-state index >= 15 is 0 Å². The molecule has 28 heavy (non-hydrogen) atoms. The molecule has 0 atom stereocenters. The van der Waals surface area contributed by atoms with Crippen LogP contribution < -0.4 is 0 Å². The predicted octanol–water partition coefficient (Wildman–Crippen LogP) is 1.64. The van der Waals surface area contributed by atoms with Crippen LogP contribution in [0.15, 0.2) is 48.7 Å². The number of likely N-dealkylation sites (tertiary alicyclic amines) is 1. The highest BCUT2D eigenvalue weighted by Crippen LogP contribution is 2.22. The minimum absolute atomic E-state index is 0.0408. The lowest BCUT2D eigenvalue weighted by atomic mass is 9.94. The van der Waals surface area contributed by atoms with Crippen molar-refractivity contribution in [1.82, 2.24) is 29.8 Å². The molecule has 1 aliphatic heterocycles. The van der Waals surface area contributed by atoms with Crippen molar-refractivity contribution in [1.29, 1.82) is 0 Å². The van der Waals surface area contributed by atoms with Crippen molar-refractivity contribution in [2.24, 2.45) is 5.92 Å². The number of hydrogen-bond donors (Lipinski definition) is 0. The van der Waals surface area contributed by atoms with Gasteiger partial charge in [0.25, 0.3) is 5.91 Å². The van der Waals surface area contributed by atoms with E-state index in [1.165, 1.54) is 4.52 Å². The second-order valence-corrected chi connectivity index (χ2v) is 7.14. The first-order valence-electron chi connectivity index (χ1n) is 9.38. The van der Waals surface area contributed by atoms with E-state index in [1.54, 1.807) is 28.1 Å². The number of carbonyl (C=O) groups excluding carboxylic acids is 2. The lowest BCUT2D eigenvalue weighted by Crippen LogP contribution is -2.43. The zero-order valence-corrected chi connectivity index (χ0v) is 15.7. The lowest BCUT2D eigenvalue weighted by molar-refractivity contribution is -0.136. The molecular weight excluding hydrogens is 356 g/mol. The fraction of sp³-hybridized carbons (Fsp3) is 0.350. The molecule has 2 amide bonds. The number of pyridine rings is 1. The van der Waals surface area contributed by atoms with Gasteiger partial charge in [0, 0.05) is 44.4 Å². The molecule has 0 bridgehead atoms. The van der Waals surface area contributed by atoms with Crippen molar-refractivity contribution in [3.63, 3.8) is 0 Å². The van der Waals surface area contributed by atoms with Crippen LogP contribution in [0, 0.1) is 5.92 Å². The zero-order chi connectivity index (χ0) is 19.5. The van der Waals surface area contributed by atoms with Gasteiger partial charge in [0.05, 0.1) is 0 Å². The predicted molar refractivity (Wildman–Crippen MR) is 102 cm³/mol. The molecular formula is C20H22N6O2. The molecule has 0 N–H and O–H groups in total. The first-order valence-corrected chi connectivity index (χ1v) is 9.38. The van der Waals surface area contributed by atoms with Gasteiger partial charge in [0.1, 0.15) is 0 Å². The fourth-order valence-corrected chi connectivity index (χ4v) is 3.63. The van der Waals surface area contributed by atoms with Gasteiger partial charge in [-0.15, -0.1) is 5.10 Å². The number of fused-ring (bicyclic) bond motifs is 1. The van der Waals surface area contributed by atoms with Crippen molar-refractivity contribution < 1.29 is 9.59 Å². The minimum Gasteiger partial charge on any atom is -0.341 e. The summed E-state index contributed by atoms with van der Waals surface area (Å²) in [6.07, 6.45) is 3.04. The van der Waals surface area contributed by atoms with E-state index in [-0.39, 0.29) is 17.7 Å². The number of nitrogens with zero attached hydrogens (tertiary/aromatic N) is 6. The normalized spacial score (nSPS) is 15.0. The summed E-state index contributed by atoms with van der Waals surface area (Å²) in [7, 11) is 1.84. The molecule has 4 rings (SSSR count). The average Bonchev–Trinajstić information content (AvgIpc) is 3.21. The first-order chi connectivity index (χ1) is 13.6. The molecule has 0 unspecified atom stereocenters. The summed E-state index contributed by atoms with van der Waals surface area (Å²) in [6, 6.07) is 13.4. The third-order valence-electron chi connectivity index (χ3n) is 5.22. The second kappa shape index (κ2) is 7.75. The van der Waals surface area contributed by atoms with Crippen LogP contribution in [-0.4, -0.2) is 61.8 Å². The average molecular weight is 378 g/mol. The first kappa shape index (κ1) is 18.1. The van der Waals surface area contributed by atoms with Gasteiger partial charge < -0.3 is 9.80 Å². The van der Waals surface area contributed by atoms with Gasteiger partial charge in [0.2, 0.25) is 5.91 Å². The SMILES string of the molecule is CN(Cc1ccccc1)C(=O)C1CCN(C(=O)c2ccn3nnnc3c2)CC1. The Morgan fingerprint density at radius 1 is 1.14 bits per heavy atom. The Morgan fingerprint density at radius 2 is 1.89 bits per heavy atom. The lowest BCUT2D eigenvalue weighted by Gasteiger charge is -2.33. The van der Waals surface area contributed by atoms with Crippen LogP contribution in [0.25, 0.3) is 5.65 Å². The number of amides is 2. The molecule has 3 aromatic rings. The summed E-state index contributed by atoms with van der Waals surface area (Å²) in [5.74, 6) is 0.0573. The van der Waals surface area contributed by atoms with E-state index in [4.69, 9.17) is 0 Å². The second-order valence-electron chi connectivity index (χ2n) is 7.14. The monoisotopic (exact) mass is 378 g/mol. The molecule has 0 aliphatic carbocycles. The number of aromatic nitrogens is 4. The van der Waals surface area contributed by atoms with Gasteiger partial charge >= 0.3 is 0 Å². The molecule has 1 aromatic carbocycles. The Balaban J connectivity index is 1.34. The van der Waals surface area contributed by atoms with E-state index in [0.29, 0.717) is 43.7 Å². The Morgan fingerprint density at radius 3 is 2.64 bits per heavy atom. The van der Waals surface area contributed by atoms with Gasteiger partial charge in [-0.05, 0) is 41.0 Å². The van der Waals surface area contributed by atoms with E-state index in [2.05, 4.69) is 15.5 Å². The molecule has 1 aliphatic rings. The van der Waals surface area contributed by atoms with Gasteiger partial charge in [-0.2, -0.15) is 0 Å². The molecule has 1 saturated heterocycles. The van der Waals surface area contributed by atoms with Gasteiger partial charge in [0.15, 0.2) is 5.65 Å². The third-order valence-corrected chi connectivity index (χ3v) is 5.22. The van der Waals surface area contributed by atoms with Crippen molar-refractivity contribution >= 4 is 17.5 Å². The molecule has 144 valence electrons. The fourth-order valence-electron chi connectivity index (χ4n) is 3.63. The molecule has 2 aromatic heterocycles. The van der Waals surface area contributed by atoms with E-state index in [1.807, 2.05) is 37.4 Å². The quantitative estimate of drug-likeness (QED) is 0.689. The summed E-state index contributed by atoms with van der Waals surface area (Å²) in [5, 5.41) is 11.3. The molecule has 1 fully saturated rings. The van der Waals surface area contributed by atoms with E-state index in [0.717, 1.165) is 5.56 Å². The molecule has 3 heterocycles. The highest BCUT2D eigenvalue weighted by atomic mass is 16.2. The van der Waals surface area contributed by atoms with Crippen LogP contribution in [0.4, 0.5) is 0 Å². The van der Waals surface area contributed by atoms with Crippen LogP contribution in [-0.2, 0) is 11.3 Å². The standard InChI is InChI=1S/C20H22N6O2/c1-24(14-15-5-3-2-4-6-15)19(27)16-7-10-25(11-8-16)20(28)17-9-12-26-18(13-17)21-22-23-26/h2-6,9,12-13,16H,7-8,10-11,14H2,1H3. The van der Waals surface area contributed by atoms with Crippen molar-refractivity contribution in [3.05, 3.63) is 59.8 Å². The maximum Gasteiger partial charge on any atom is 0.254 e. The number of rotatable bonds is 4. The zero-order valence-electron chi connectivity index (χ0n) is 15.7. The largest absolute Gasteiger partial charge is 0.341 e. The summed E-state index contributed by atoms with van der Waals surface area (Å²) in [6.45, 7) is 1.75. The number of hydrogen-bond acceptors (Lipinski definition) is 5. The van der Waals surface area contributed by atoms with E-state index in [9.17, 15) is 9.59 Å². The van der Waals surface area contributed by atoms with Crippen molar-refractivity contribution in [2.75, 3.05) is 20.1 Å². The Hall–Kier alpha value is -3.29. The van der Waals surface area contributed by atoms with Gasteiger partial charge in [-0.25, -0.2) is 4.52 Å². The summed E-state index contributed by atoms with van der Waals surface area (Å²) in [5.41, 5.74) is 2.22. The Labute approximate surface area is 162 Å².